The molecule has 0 aromatic heterocycles. The Hall–Kier alpha value is -2.11. The van der Waals surface area contributed by atoms with E-state index in [2.05, 4.69) is 16.1 Å². The molecule has 0 bridgehead atoms. The second-order valence-corrected chi connectivity index (χ2v) is 3.59. The highest BCUT2D eigenvalue weighted by Gasteiger charge is 2.15. The first-order chi connectivity index (χ1) is 8.94. The van der Waals surface area contributed by atoms with Crippen LogP contribution in [0.2, 0.25) is 0 Å². The molecule has 0 amide bonds. The first-order valence-corrected chi connectivity index (χ1v) is 5.63. The minimum Gasteiger partial charge on any atom is -0.466 e. The van der Waals surface area contributed by atoms with Gasteiger partial charge in [-0.25, -0.2) is 9.59 Å². The van der Waals surface area contributed by atoms with Gasteiger partial charge in [0.1, 0.15) is 0 Å². The van der Waals surface area contributed by atoms with Crippen molar-refractivity contribution in [1.82, 2.24) is 0 Å². The second-order valence-electron chi connectivity index (χ2n) is 3.59. The van der Waals surface area contributed by atoms with Crippen molar-refractivity contribution in [3.8, 4) is 0 Å². The van der Waals surface area contributed by atoms with Crippen molar-refractivity contribution in [1.29, 1.82) is 0 Å². The quantitative estimate of drug-likeness (QED) is 0.299. The van der Waals surface area contributed by atoms with E-state index < -0.39 is 17.9 Å². The van der Waals surface area contributed by atoms with Crippen molar-refractivity contribution in [3.63, 3.8) is 0 Å². The van der Waals surface area contributed by atoms with Crippen LogP contribution in [-0.4, -0.2) is 38.7 Å². The van der Waals surface area contributed by atoms with Gasteiger partial charge >= 0.3 is 17.9 Å². The molecular formula is C13H18O6. The van der Waals surface area contributed by atoms with Crippen LogP contribution in [0.25, 0.3) is 0 Å². The maximum atomic E-state index is 11.5. The molecule has 6 heteroatoms. The minimum atomic E-state index is -0.677. The van der Waals surface area contributed by atoms with Crippen LogP contribution in [0, 0.1) is 0 Å². The van der Waals surface area contributed by atoms with E-state index in [4.69, 9.17) is 4.74 Å². The van der Waals surface area contributed by atoms with Crippen LogP contribution in [0.4, 0.5) is 0 Å². The summed E-state index contributed by atoms with van der Waals surface area (Å²) in [5, 5.41) is 0. The fraction of sp³-hybridized carbons (Fsp3) is 0.462. The van der Waals surface area contributed by atoms with E-state index in [9.17, 15) is 14.4 Å². The van der Waals surface area contributed by atoms with E-state index >= 15 is 0 Å². The van der Waals surface area contributed by atoms with Crippen molar-refractivity contribution < 1.29 is 28.6 Å². The molecule has 0 unspecified atom stereocenters. The summed E-state index contributed by atoms with van der Waals surface area (Å²) in [7, 11) is 2.39. The van der Waals surface area contributed by atoms with Crippen molar-refractivity contribution in [2.45, 2.75) is 19.8 Å². The Labute approximate surface area is 112 Å². The van der Waals surface area contributed by atoms with Gasteiger partial charge in [0, 0.05) is 18.1 Å². The monoisotopic (exact) mass is 270 g/mol. The normalized spacial score (nSPS) is 10.6. The van der Waals surface area contributed by atoms with E-state index in [0.29, 0.717) is 5.57 Å². The largest absolute Gasteiger partial charge is 0.466 e. The number of rotatable bonds is 7. The van der Waals surface area contributed by atoms with Crippen molar-refractivity contribution >= 4 is 17.9 Å². The third-order valence-electron chi connectivity index (χ3n) is 2.08. The van der Waals surface area contributed by atoms with Crippen LogP contribution < -0.4 is 0 Å². The van der Waals surface area contributed by atoms with Gasteiger partial charge in [-0.1, -0.05) is 12.2 Å². The van der Waals surface area contributed by atoms with E-state index in [1.807, 2.05) is 0 Å². The zero-order chi connectivity index (χ0) is 14.8. The van der Waals surface area contributed by atoms with Crippen LogP contribution in [-0.2, 0) is 28.6 Å². The zero-order valence-electron chi connectivity index (χ0n) is 11.4. The lowest BCUT2D eigenvalue weighted by Gasteiger charge is -2.08. The molecule has 0 aliphatic heterocycles. The maximum Gasteiger partial charge on any atom is 0.334 e. The van der Waals surface area contributed by atoms with Gasteiger partial charge in [-0.3, -0.25) is 4.79 Å². The molecule has 0 aliphatic carbocycles. The fourth-order valence-corrected chi connectivity index (χ4v) is 1.26. The van der Waals surface area contributed by atoms with Gasteiger partial charge < -0.3 is 14.2 Å². The Morgan fingerprint density at radius 2 is 1.74 bits per heavy atom. The average Bonchev–Trinajstić information content (AvgIpc) is 2.36. The van der Waals surface area contributed by atoms with Gasteiger partial charge in [0.2, 0.25) is 0 Å². The smallest absolute Gasteiger partial charge is 0.334 e. The number of methoxy groups -OCH3 is 2. The van der Waals surface area contributed by atoms with E-state index in [-0.39, 0.29) is 25.0 Å². The number of esters is 3. The zero-order valence-corrected chi connectivity index (χ0v) is 11.4. The number of ether oxygens (including phenoxy) is 3. The van der Waals surface area contributed by atoms with Crippen molar-refractivity contribution in [2.75, 3.05) is 20.8 Å². The van der Waals surface area contributed by atoms with Crippen LogP contribution in [0.3, 0.4) is 0 Å². The van der Waals surface area contributed by atoms with Crippen molar-refractivity contribution in [2.24, 2.45) is 0 Å². The molecule has 6 nitrogen and oxygen atoms in total. The summed E-state index contributed by atoms with van der Waals surface area (Å²) >= 11 is 0. The summed E-state index contributed by atoms with van der Waals surface area (Å²) in [4.78, 5) is 33.8. The lowest BCUT2D eigenvalue weighted by Crippen LogP contribution is -2.11. The summed E-state index contributed by atoms with van der Waals surface area (Å²) < 4.78 is 13.7. The summed E-state index contributed by atoms with van der Waals surface area (Å²) in [6.07, 6.45) is 1.03. The molecule has 0 saturated carbocycles. The molecule has 0 N–H and O–H groups in total. The highest BCUT2D eigenvalue weighted by Crippen LogP contribution is 2.15. The van der Waals surface area contributed by atoms with Gasteiger partial charge in [-0.05, 0) is 6.92 Å². The van der Waals surface area contributed by atoms with Crippen LogP contribution in [0.15, 0.2) is 23.8 Å². The standard InChI is InChI=1S/C13H18O6/c1-5-19-12(15)7-9(2)6-10(13(16)18-4)8-11(14)17-3/h8H,2,5-7H2,1,3-4H3/b10-8+. The summed E-state index contributed by atoms with van der Waals surface area (Å²) in [6.45, 7) is 5.63. The molecule has 106 valence electrons. The highest BCUT2D eigenvalue weighted by atomic mass is 16.5. The maximum absolute atomic E-state index is 11.5. The average molecular weight is 270 g/mol. The summed E-state index contributed by atoms with van der Waals surface area (Å²) in [6, 6.07) is 0. The number of carbonyl (C=O) groups is 3. The number of hydrogen-bond acceptors (Lipinski definition) is 6. The topological polar surface area (TPSA) is 78.9 Å². The minimum absolute atomic E-state index is 0.0245. The first-order valence-electron chi connectivity index (χ1n) is 5.63. The van der Waals surface area contributed by atoms with Crippen molar-refractivity contribution in [3.05, 3.63) is 23.8 Å². The Morgan fingerprint density at radius 3 is 2.21 bits per heavy atom. The van der Waals surface area contributed by atoms with E-state index in [1.54, 1.807) is 6.92 Å². The highest BCUT2D eigenvalue weighted by molar-refractivity contribution is 5.96. The molecule has 19 heavy (non-hydrogen) atoms. The molecule has 0 fully saturated rings. The number of carbonyl (C=O) groups excluding carboxylic acids is 3. The van der Waals surface area contributed by atoms with Crippen LogP contribution in [0.5, 0.6) is 0 Å². The van der Waals surface area contributed by atoms with E-state index in [1.165, 1.54) is 14.2 Å². The molecule has 0 heterocycles. The molecule has 0 aromatic carbocycles. The molecule has 0 aromatic rings. The molecule has 0 spiro atoms. The lowest BCUT2D eigenvalue weighted by molar-refractivity contribution is -0.142. The molecular weight excluding hydrogens is 252 g/mol. The predicted octanol–water partition coefficient (Wildman–Crippen LogP) is 1.16. The van der Waals surface area contributed by atoms with Crippen LogP contribution >= 0.6 is 0 Å². The first kappa shape index (κ1) is 16.9. The number of hydrogen-bond donors (Lipinski definition) is 0. The van der Waals surface area contributed by atoms with Gasteiger partial charge in [0.05, 0.1) is 27.2 Å². The van der Waals surface area contributed by atoms with Gasteiger partial charge in [0.25, 0.3) is 0 Å². The van der Waals surface area contributed by atoms with E-state index in [0.717, 1.165) is 6.08 Å². The second kappa shape index (κ2) is 8.91. The third-order valence-corrected chi connectivity index (χ3v) is 2.08. The molecule has 0 atom stereocenters. The lowest BCUT2D eigenvalue weighted by atomic mass is 10.0. The third kappa shape index (κ3) is 7.03. The van der Waals surface area contributed by atoms with Crippen LogP contribution in [0.1, 0.15) is 19.8 Å². The molecule has 0 rings (SSSR count). The molecule has 0 radical (unpaired) electrons. The fourth-order valence-electron chi connectivity index (χ4n) is 1.26. The summed E-state index contributed by atoms with van der Waals surface area (Å²) in [5.74, 6) is -1.78. The Kier molecular flexibility index (Phi) is 7.92. The Balaban J connectivity index is 4.70. The van der Waals surface area contributed by atoms with Gasteiger partial charge in [-0.15, -0.1) is 0 Å². The molecule has 0 aliphatic rings. The van der Waals surface area contributed by atoms with Gasteiger partial charge in [-0.2, -0.15) is 0 Å². The van der Waals surface area contributed by atoms with Gasteiger partial charge in [0.15, 0.2) is 0 Å². The SMILES string of the molecule is C=C(CC(=O)OCC)C/C(=C\C(=O)OC)C(=O)OC. The summed E-state index contributed by atoms with van der Waals surface area (Å²) in [5.41, 5.74) is 0.516. The molecule has 0 saturated heterocycles. The Morgan fingerprint density at radius 1 is 1.11 bits per heavy atom. The predicted molar refractivity (Wildman–Crippen MR) is 67.1 cm³/mol. The Bertz CT molecular complexity index is 394.